The molecule has 0 aliphatic heterocycles. The van der Waals surface area contributed by atoms with E-state index < -0.39 is 0 Å². The second-order valence-corrected chi connectivity index (χ2v) is 6.58. The Morgan fingerprint density at radius 1 is 0.960 bits per heavy atom. The number of aliphatic imine (C=N–C) groups is 1. The summed E-state index contributed by atoms with van der Waals surface area (Å²) in [5, 5.41) is 6.68. The van der Waals surface area contributed by atoms with Crippen molar-refractivity contribution in [1.82, 2.24) is 10.6 Å². The predicted octanol–water partition coefficient (Wildman–Crippen LogP) is 3.43. The molecule has 0 unspecified atom stereocenters. The Morgan fingerprint density at radius 3 is 2.40 bits per heavy atom. The van der Waals surface area contributed by atoms with E-state index in [9.17, 15) is 0 Å². The fourth-order valence-corrected chi connectivity index (χ4v) is 2.70. The zero-order valence-electron chi connectivity index (χ0n) is 15.0. The fourth-order valence-electron chi connectivity index (χ4n) is 2.39. The number of nitrogens with one attached hydrogen (secondary N) is 2. The van der Waals surface area contributed by atoms with Gasteiger partial charge in [-0.05, 0) is 22.9 Å². The van der Waals surface area contributed by atoms with Crippen molar-refractivity contribution < 1.29 is 4.74 Å². The fraction of sp³-hybridized carbons (Fsp3) is 0.350. The Hall–Kier alpha value is -1.98. The molecule has 0 atom stereocenters. The van der Waals surface area contributed by atoms with Crippen molar-refractivity contribution >= 4 is 17.7 Å². The molecule has 2 aromatic carbocycles. The summed E-state index contributed by atoms with van der Waals surface area (Å²) in [5.74, 6) is 1.89. The molecule has 0 heterocycles. The second-order valence-electron chi connectivity index (χ2n) is 5.59. The van der Waals surface area contributed by atoms with Gasteiger partial charge in [-0.15, -0.1) is 0 Å². The Balaban J connectivity index is 1.84. The van der Waals surface area contributed by atoms with Crippen LogP contribution in [0.5, 0.6) is 0 Å². The number of hydrogen-bond acceptors (Lipinski definition) is 3. The molecular formula is C20H27N3OS. The molecule has 0 aromatic heterocycles. The Kier molecular flexibility index (Phi) is 8.94. The number of thioether (sulfide) groups is 1. The number of ether oxygens (including phenoxy) is 1. The first kappa shape index (κ1) is 19.3. The first-order chi connectivity index (χ1) is 12.3. The average Bonchev–Trinajstić information content (AvgIpc) is 2.66. The number of hydrogen-bond donors (Lipinski definition) is 2. The first-order valence-electron chi connectivity index (χ1n) is 8.45. The summed E-state index contributed by atoms with van der Waals surface area (Å²) in [4.78, 5) is 4.26. The van der Waals surface area contributed by atoms with Gasteiger partial charge in [0.15, 0.2) is 5.96 Å². The maximum atomic E-state index is 5.88. The van der Waals surface area contributed by atoms with E-state index in [4.69, 9.17) is 4.74 Å². The van der Waals surface area contributed by atoms with Crippen molar-refractivity contribution in [1.29, 1.82) is 0 Å². The topological polar surface area (TPSA) is 45.7 Å². The molecule has 0 fully saturated rings. The lowest BCUT2D eigenvalue weighted by Gasteiger charge is -2.14. The first-order valence-corrected chi connectivity index (χ1v) is 9.84. The van der Waals surface area contributed by atoms with E-state index in [2.05, 4.69) is 58.3 Å². The lowest BCUT2D eigenvalue weighted by atomic mass is 10.1. The molecule has 0 saturated carbocycles. The van der Waals surface area contributed by atoms with Crippen LogP contribution in [-0.2, 0) is 24.5 Å². The van der Waals surface area contributed by atoms with Crippen molar-refractivity contribution in [3.63, 3.8) is 0 Å². The van der Waals surface area contributed by atoms with Gasteiger partial charge in [0.25, 0.3) is 0 Å². The quantitative estimate of drug-likeness (QED) is 0.410. The van der Waals surface area contributed by atoms with Crippen LogP contribution in [0.25, 0.3) is 0 Å². The molecule has 0 bridgehead atoms. The largest absolute Gasteiger partial charge is 0.372 e. The van der Waals surface area contributed by atoms with Gasteiger partial charge in [0.1, 0.15) is 0 Å². The minimum atomic E-state index is 0.602. The molecule has 0 aliphatic rings. The Morgan fingerprint density at radius 2 is 1.68 bits per heavy atom. The van der Waals surface area contributed by atoms with Gasteiger partial charge >= 0.3 is 0 Å². The van der Waals surface area contributed by atoms with Crippen molar-refractivity contribution in [3.05, 3.63) is 71.3 Å². The summed E-state index contributed by atoms with van der Waals surface area (Å²) >= 11 is 1.82. The number of benzene rings is 2. The standard InChI is InChI=1S/C20H27N3OS/c1-21-20(22-12-13-25-2)23-14-18-10-6-7-11-19(18)16-24-15-17-8-4-3-5-9-17/h3-11H,12-16H2,1-2H3,(H2,21,22,23). The molecular weight excluding hydrogens is 330 g/mol. The third kappa shape index (κ3) is 7.20. The highest BCUT2D eigenvalue weighted by molar-refractivity contribution is 7.98. The molecule has 2 N–H and O–H groups in total. The minimum Gasteiger partial charge on any atom is -0.372 e. The average molecular weight is 358 g/mol. The van der Waals surface area contributed by atoms with E-state index in [-0.39, 0.29) is 0 Å². The summed E-state index contributed by atoms with van der Waals surface area (Å²) in [7, 11) is 1.79. The van der Waals surface area contributed by atoms with E-state index in [1.807, 2.05) is 30.0 Å². The summed E-state index contributed by atoms with van der Waals surface area (Å²) in [6.07, 6.45) is 2.10. The highest BCUT2D eigenvalue weighted by atomic mass is 32.2. The zero-order valence-corrected chi connectivity index (χ0v) is 15.8. The Bertz CT molecular complexity index is 646. The van der Waals surface area contributed by atoms with Gasteiger partial charge in [-0.2, -0.15) is 11.8 Å². The van der Waals surface area contributed by atoms with Crippen LogP contribution >= 0.6 is 11.8 Å². The Labute approximate surface area is 155 Å². The van der Waals surface area contributed by atoms with Crippen LogP contribution in [0.3, 0.4) is 0 Å². The van der Waals surface area contributed by atoms with E-state index in [1.165, 1.54) is 16.7 Å². The monoisotopic (exact) mass is 357 g/mol. The highest BCUT2D eigenvalue weighted by Crippen LogP contribution is 2.11. The summed E-state index contributed by atoms with van der Waals surface area (Å²) in [6, 6.07) is 18.6. The molecule has 2 rings (SSSR count). The number of guanidine groups is 1. The smallest absolute Gasteiger partial charge is 0.191 e. The third-order valence-electron chi connectivity index (χ3n) is 3.76. The van der Waals surface area contributed by atoms with Crippen LogP contribution in [0.1, 0.15) is 16.7 Å². The lowest BCUT2D eigenvalue weighted by molar-refractivity contribution is 0.106. The van der Waals surface area contributed by atoms with Gasteiger partial charge in [0.05, 0.1) is 13.2 Å². The normalized spacial score (nSPS) is 11.4. The lowest BCUT2D eigenvalue weighted by Crippen LogP contribution is -2.38. The van der Waals surface area contributed by atoms with Crippen molar-refractivity contribution in [3.8, 4) is 0 Å². The van der Waals surface area contributed by atoms with Crippen LogP contribution in [0.15, 0.2) is 59.6 Å². The van der Waals surface area contributed by atoms with E-state index in [0.717, 1.165) is 24.8 Å². The number of nitrogens with zero attached hydrogens (tertiary/aromatic N) is 1. The maximum Gasteiger partial charge on any atom is 0.191 e. The van der Waals surface area contributed by atoms with E-state index in [1.54, 1.807) is 7.05 Å². The minimum absolute atomic E-state index is 0.602. The van der Waals surface area contributed by atoms with E-state index in [0.29, 0.717) is 13.2 Å². The molecule has 0 saturated heterocycles. The van der Waals surface area contributed by atoms with Gasteiger partial charge in [0, 0.05) is 25.9 Å². The highest BCUT2D eigenvalue weighted by Gasteiger charge is 2.04. The summed E-state index contributed by atoms with van der Waals surface area (Å²) in [6.45, 7) is 2.86. The molecule has 134 valence electrons. The molecule has 0 radical (unpaired) electrons. The van der Waals surface area contributed by atoms with Crippen LogP contribution in [0.2, 0.25) is 0 Å². The summed E-state index contributed by atoms with van der Waals surface area (Å²) in [5.41, 5.74) is 3.62. The van der Waals surface area contributed by atoms with E-state index >= 15 is 0 Å². The van der Waals surface area contributed by atoms with Gasteiger partial charge in [-0.3, -0.25) is 4.99 Å². The zero-order chi connectivity index (χ0) is 17.7. The predicted molar refractivity (Wildman–Crippen MR) is 108 cm³/mol. The molecule has 5 heteroatoms. The van der Waals surface area contributed by atoms with Crippen LogP contribution in [0.4, 0.5) is 0 Å². The molecule has 25 heavy (non-hydrogen) atoms. The second kappa shape index (κ2) is 11.6. The van der Waals surface area contributed by atoms with Crippen molar-refractivity contribution in [2.75, 3.05) is 25.6 Å². The molecule has 2 aromatic rings. The van der Waals surface area contributed by atoms with Crippen LogP contribution < -0.4 is 10.6 Å². The molecule has 0 aliphatic carbocycles. The number of rotatable bonds is 9. The van der Waals surface area contributed by atoms with Gasteiger partial charge in [0.2, 0.25) is 0 Å². The van der Waals surface area contributed by atoms with Gasteiger partial charge in [-0.25, -0.2) is 0 Å². The van der Waals surface area contributed by atoms with Gasteiger partial charge < -0.3 is 15.4 Å². The maximum absolute atomic E-state index is 5.88. The van der Waals surface area contributed by atoms with Crippen LogP contribution in [0, 0.1) is 0 Å². The summed E-state index contributed by atoms with van der Waals surface area (Å²) < 4.78 is 5.88. The SMILES string of the molecule is CN=C(NCCSC)NCc1ccccc1COCc1ccccc1. The molecule has 0 spiro atoms. The molecule has 0 amide bonds. The van der Waals surface area contributed by atoms with Gasteiger partial charge in [-0.1, -0.05) is 54.6 Å². The third-order valence-corrected chi connectivity index (χ3v) is 4.37. The van der Waals surface area contributed by atoms with Crippen molar-refractivity contribution in [2.24, 2.45) is 4.99 Å². The van der Waals surface area contributed by atoms with Crippen LogP contribution in [-0.4, -0.2) is 31.6 Å². The molecule has 4 nitrogen and oxygen atoms in total. The van der Waals surface area contributed by atoms with Crippen molar-refractivity contribution in [2.45, 2.75) is 19.8 Å².